The predicted octanol–water partition coefficient (Wildman–Crippen LogP) is 3.65. The van der Waals surface area contributed by atoms with Gasteiger partial charge in [-0.15, -0.1) is 11.8 Å². The van der Waals surface area contributed by atoms with E-state index in [1.165, 1.54) is 0 Å². The zero-order valence-electron chi connectivity index (χ0n) is 10.6. The molecule has 0 atom stereocenters. The number of hydrogen-bond donors (Lipinski definition) is 2. The van der Waals surface area contributed by atoms with Crippen LogP contribution in [0, 0.1) is 0 Å². The van der Waals surface area contributed by atoms with Gasteiger partial charge in [0.2, 0.25) is 5.91 Å². The van der Waals surface area contributed by atoms with E-state index in [2.05, 4.69) is 5.32 Å². The minimum atomic E-state index is -0.833. The first-order valence-corrected chi connectivity index (χ1v) is 7.48. The molecule has 0 heterocycles. The average Bonchev–Trinajstić information content (AvgIpc) is 2.35. The third kappa shape index (κ3) is 5.98. The van der Waals surface area contributed by atoms with Gasteiger partial charge in [0, 0.05) is 23.4 Å². The Morgan fingerprint density at radius 3 is 2.58 bits per heavy atom. The van der Waals surface area contributed by atoms with Gasteiger partial charge in [0.25, 0.3) is 0 Å². The van der Waals surface area contributed by atoms with Crippen LogP contribution in [-0.4, -0.2) is 23.2 Å². The highest BCUT2D eigenvalue weighted by Crippen LogP contribution is 2.27. The maximum atomic E-state index is 11.6. The van der Waals surface area contributed by atoms with Gasteiger partial charge in [-0.1, -0.05) is 11.6 Å². The summed E-state index contributed by atoms with van der Waals surface area (Å²) in [5, 5.41) is 11.8. The van der Waals surface area contributed by atoms with E-state index in [1.807, 2.05) is 12.3 Å². The number of thioether (sulfide) groups is 1. The molecular formula is C13H16ClNO3S. The summed E-state index contributed by atoms with van der Waals surface area (Å²) in [6.45, 7) is 0. The van der Waals surface area contributed by atoms with Crippen LogP contribution in [0.5, 0.6) is 0 Å². The van der Waals surface area contributed by atoms with Gasteiger partial charge in [0.15, 0.2) is 0 Å². The topological polar surface area (TPSA) is 66.4 Å². The van der Waals surface area contributed by atoms with Crippen molar-refractivity contribution in [2.45, 2.75) is 30.6 Å². The molecule has 0 saturated heterocycles. The number of unbranched alkanes of at least 4 members (excludes halogenated alkanes) is 1. The predicted molar refractivity (Wildman–Crippen MR) is 78.0 cm³/mol. The number of carboxylic acid groups (broad SMARTS) is 1. The molecule has 0 radical (unpaired) electrons. The van der Waals surface area contributed by atoms with Gasteiger partial charge in [-0.25, -0.2) is 0 Å². The van der Waals surface area contributed by atoms with Gasteiger partial charge in [-0.05, 0) is 37.3 Å². The van der Waals surface area contributed by atoms with Crippen molar-refractivity contribution in [3.05, 3.63) is 23.2 Å². The summed E-state index contributed by atoms with van der Waals surface area (Å²) in [6.07, 6.45) is 3.42. The van der Waals surface area contributed by atoms with E-state index in [0.29, 0.717) is 30.0 Å². The second kappa shape index (κ2) is 8.07. The number of halogens is 1. The highest BCUT2D eigenvalue weighted by Gasteiger charge is 2.05. The number of carboxylic acids is 1. The Kier molecular flexibility index (Phi) is 6.73. The highest BCUT2D eigenvalue weighted by atomic mass is 35.5. The number of anilines is 1. The van der Waals surface area contributed by atoms with Crippen molar-refractivity contribution in [2.24, 2.45) is 0 Å². The van der Waals surface area contributed by atoms with Gasteiger partial charge >= 0.3 is 5.97 Å². The van der Waals surface area contributed by atoms with Gasteiger partial charge in [-0.2, -0.15) is 0 Å². The van der Waals surface area contributed by atoms with E-state index in [0.717, 1.165) is 4.90 Å². The summed E-state index contributed by atoms with van der Waals surface area (Å²) in [5.74, 6) is -0.960. The lowest BCUT2D eigenvalue weighted by Gasteiger charge is -2.07. The molecule has 0 saturated carbocycles. The lowest BCUT2D eigenvalue weighted by molar-refractivity contribution is -0.137. The van der Waals surface area contributed by atoms with E-state index in [1.54, 1.807) is 23.9 Å². The number of carbonyl (C=O) groups is 2. The monoisotopic (exact) mass is 301 g/mol. The molecule has 1 aromatic rings. The largest absolute Gasteiger partial charge is 0.481 e. The number of rotatable bonds is 7. The Morgan fingerprint density at radius 1 is 1.32 bits per heavy atom. The highest BCUT2D eigenvalue weighted by molar-refractivity contribution is 7.98. The van der Waals surface area contributed by atoms with Crippen LogP contribution in [0.4, 0.5) is 5.69 Å². The first kappa shape index (κ1) is 15.9. The molecular weight excluding hydrogens is 286 g/mol. The number of nitrogens with one attached hydrogen (secondary N) is 1. The van der Waals surface area contributed by atoms with E-state index in [4.69, 9.17) is 16.7 Å². The summed E-state index contributed by atoms with van der Waals surface area (Å²) in [6, 6.07) is 5.36. The molecule has 104 valence electrons. The molecule has 0 aliphatic carbocycles. The fourth-order valence-corrected chi connectivity index (χ4v) is 2.40. The number of amides is 1. The van der Waals surface area contributed by atoms with E-state index in [-0.39, 0.29) is 12.3 Å². The average molecular weight is 302 g/mol. The first-order valence-electron chi connectivity index (χ1n) is 5.88. The van der Waals surface area contributed by atoms with Crippen LogP contribution in [0.15, 0.2) is 23.1 Å². The lowest BCUT2D eigenvalue weighted by Crippen LogP contribution is -2.11. The van der Waals surface area contributed by atoms with E-state index < -0.39 is 5.97 Å². The SMILES string of the molecule is CSc1ccc(NC(=O)CCCCC(=O)O)cc1Cl. The Hall–Kier alpha value is -1.20. The number of aliphatic carboxylic acids is 1. The first-order chi connectivity index (χ1) is 9.02. The van der Waals surface area contributed by atoms with Crippen LogP contribution in [0.1, 0.15) is 25.7 Å². The minimum Gasteiger partial charge on any atom is -0.481 e. The molecule has 0 unspecified atom stereocenters. The van der Waals surface area contributed by atoms with Crippen molar-refractivity contribution in [1.29, 1.82) is 0 Å². The summed E-state index contributed by atoms with van der Waals surface area (Å²) < 4.78 is 0. The summed E-state index contributed by atoms with van der Waals surface area (Å²) >= 11 is 7.58. The molecule has 6 heteroatoms. The van der Waals surface area contributed by atoms with Crippen LogP contribution in [0.3, 0.4) is 0 Å². The van der Waals surface area contributed by atoms with E-state index in [9.17, 15) is 9.59 Å². The Morgan fingerprint density at radius 2 is 2.00 bits per heavy atom. The maximum Gasteiger partial charge on any atom is 0.303 e. The van der Waals surface area contributed by atoms with Gasteiger partial charge < -0.3 is 10.4 Å². The molecule has 1 aromatic carbocycles. The molecule has 0 aliphatic heterocycles. The standard InChI is InChI=1S/C13H16ClNO3S/c1-19-11-7-6-9(8-10(11)14)15-12(16)4-2-3-5-13(17)18/h6-8H,2-5H2,1H3,(H,15,16)(H,17,18). The van der Waals surface area contributed by atoms with Crippen LogP contribution >= 0.6 is 23.4 Å². The molecule has 0 fully saturated rings. The summed E-state index contributed by atoms with van der Waals surface area (Å²) in [7, 11) is 0. The molecule has 0 spiro atoms. The Bertz CT molecular complexity index is 465. The normalized spacial score (nSPS) is 10.2. The van der Waals surface area contributed by atoms with Crippen molar-refractivity contribution in [3.8, 4) is 0 Å². The molecule has 4 nitrogen and oxygen atoms in total. The van der Waals surface area contributed by atoms with Crippen molar-refractivity contribution < 1.29 is 14.7 Å². The molecule has 2 N–H and O–H groups in total. The third-order valence-electron chi connectivity index (χ3n) is 2.48. The molecule has 0 aliphatic rings. The lowest BCUT2D eigenvalue weighted by atomic mass is 10.2. The van der Waals surface area contributed by atoms with Crippen molar-refractivity contribution in [1.82, 2.24) is 0 Å². The second-order valence-electron chi connectivity index (χ2n) is 4.00. The van der Waals surface area contributed by atoms with Gasteiger partial charge in [0.05, 0.1) is 5.02 Å². The number of carbonyl (C=O) groups excluding carboxylic acids is 1. The molecule has 0 aromatic heterocycles. The van der Waals surface area contributed by atoms with Gasteiger partial charge in [-0.3, -0.25) is 9.59 Å². The van der Waals surface area contributed by atoms with Crippen molar-refractivity contribution in [3.63, 3.8) is 0 Å². The van der Waals surface area contributed by atoms with E-state index >= 15 is 0 Å². The zero-order chi connectivity index (χ0) is 14.3. The summed E-state index contributed by atoms with van der Waals surface area (Å²) in [5.41, 5.74) is 0.658. The molecule has 0 bridgehead atoms. The fraction of sp³-hybridized carbons (Fsp3) is 0.385. The van der Waals surface area contributed by atoms with Crippen LogP contribution in [0.2, 0.25) is 5.02 Å². The minimum absolute atomic E-state index is 0.0987. The Balaban J connectivity index is 2.40. The zero-order valence-corrected chi connectivity index (χ0v) is 12.2. The van der Waals surface area contributed by atoms with Crippen LogP contribution in [0.25, 0.3) is 0 Å². The molecule has 1 amide bonds. The third-order valence-corrected chi connectivity index (χ3v) is 3.70. The smallest absolute Gasteiger partial charge is 0.303 e. The quantitative estimate of drug-likeness (QED) is 0.596. The molecule has 1 rings (SSSR count). The van der Waals surface area contributed by atoms with Gasteiger partial charge in [0.1, 0.15) is 0 Å². The second-order valence-corrected chi connectivity index (χ2v) is 5.25. The molecule has 19 heavy (non-hydrogen) atoms. The maximum absolute atomic E-state index is 11.6. The van der Waals surface area contributed by atoms with Crippen LogP contribution < -0.4 is 5.32 Å². The van der Waals surface area contributed by atoms with Crippen LogP contribution in [-0.2, 0) is 9.59 Å². The van der Waals surface area contributed by atoms with Crippen molar-refractivity contribution in [2.75, 3.05) is 11.6 Å². The Labute approximate surface area is 121 Å². The summed E-state index contributed by atoms with van der Waals surface area (Å²) in [4.78, 5) is 22.9. The number of hydrogen-bond acceptors (Lipinski definition) is 3. The van der Waals surface area contributed by atoms with Crippen molar-refractivity contribution >= 4 is 40.9 Å². The fourth-order valence-electron chi connectivity index (χ4n) is 1.53. The number of benzene rings is 1.